The number of hydrogen-bond donors (Lipinski definition) is 2. The number of ether oxygens (including phenoxy) is 1. The molecule has 86 valence electrons. The van der Waals surface area contributed by atoms with Crippen LogP contribution in [0.5, 0.6) is 5.75 Å². The molecule has 3 heteroatoms. The van der Waals surface area contributed by atoms with Gasteiger partial charge in [0.05, 0.1) is 12.7 Å². The molecule has 16 heavy (non-hydrogen) atoms. The van der Waals surface area contributed by atoms with E-state index in [1.54, 1.807) is 0 Å². The molecule has 0 saturated heterocycles. The summed E-state index contributed by atoms with van der Waals surface area (Å²) in [6.45, 7) is 4.56. The zero-order valence-corrected chi connectivity index (χ0v) is 9.66. The average Bonchev–Trinajstić information content (AvgIpc) is 2.73. The summed E-state index contributed by atoms with van der Waals surface area (Å²) < 4.78 is 5.58. The number of fused-ring (bicyclic) bond motifs is 1. The van der Waals surface area contributed by atoms with Crippen molar-refractivity contribution in [2.75, 3.05) is 6.61 Å². The molecule has 2 N–H and O–H groups in total. The van der Waals surface area contributed by atoms with Gasteiger partial charge in [-0.05, 0) is 25.5 Å². The molecule has 2 aromatic rings. The van der Waals surface area contributed by atoms with Gasteiger partial charge in [-0.25, -0.2) is 0 Å². The molecule has 0 saturated carbocycles. The molecular formula is C13H17NO2. The molecule has 1 heterocycles. The lowest BCUT2D eigenvalue weighted by Crippen LogP contribution is -1.96. The van der Waals surface area contributed by atoms with Gasteiger partial charge in [0.15, 0.2) is 0 Å². The van der Waals surface area contributed by atoms with E-state index >= 15 is 0 Å². The summed E-state index contributed by atoms with van der Waals surface area (Å²) in [7, 11) is 0. The number of nitrogens with one attached hydrogen (secondary N) is 1. The summed E-state index contributed by atoms with van der Waals surface area (Å²) in [5.74, 6) is 0.837. The molecule has 0 fully saturated rings. The second-order valence-corrected chi connectivity index (χ2v) is 3.78. The monoisotopic (exact) mass is 219 g/mol. The molecule has 0 radical (unpaired) electrons. The molecule has 2 rings (SSSR count). The third-order valence-corrected chi connectivity index (χ3v) is 2.74. The Morgan fingerprint density at radius 1 is 1.38 bits per heavy atom. The summed E-state index contributed by atoms with van der Waals surface area (Å²) >= 11 is 0. The fourth-order valence-electron chi connectivity index (χ4n) is 1.94. The SMILES string of the molecule is CCOc1cccc2[nH]cc([C@@H](O)CC)c12. The minimum absolute atomic E-state index is 0.435. The van der Waals surface area contributed by atoms with Crippen LogP contribution >= 0.6 is 0 Å². The van der Waals surface area contributed by atoms with Gasteiger partial charge in [-0.1, -0.05) is 13.0 Å². The molecule has 3 nitrogen and oxygen atoms in total. The first kappa shape index (κ1) is 11.0. The lowest BCUT2D eigenvalue weighted by Gasteiger charge is -2.10. The average molecular weight is 219 g/mol. The van der Waals surface area contributed by atoms with Crippen molar-refractivity contribution < 1.29 is 9.84 Å². The maximum Gasteiger partial charge on any atom is 0.129 e. The highest BCUT2D eigenvalue weighted by molar-refractivity contribution is 5.89. The van der Waals surface area contributed by atoms with Crippen molar-refractivity contribution in [2.45, 2.75) is 26.4 Å². The smallest absolute Gasteiger partial charge is 0.129 e. The third-order valence-electron chi connectivity index (χ3n) is 2.74. The van der Waals surface area contributed by atoms with Crippen LogP contribution in [0.2, 0.25) is 0 Å². The van der Waals surface area contributed by atoms with Gasteiger partial charge in [0.25, 0.3) is 0 Å². The van der Waals surface area contributed by atoms with Crippen molar-refractivity contribution in [3.05, 3.63) is 30.0 Å². The Bertz CT molecular complexity index is 476. The van der Waals surface area contributed by atoms with Crippen molar-refractivity contribution in [3.8, 4) is 5.75 Å². The quantitative estimate of drug-likeness (QED) is 0.830. The third kappa shape index (κ3) is 1.78. The van der Waals surface area contributed by atoms with Crippen LogP contribution < -0.4 is 4.74 Å². The van der Waals surface area contributed by atoms with Gasteiger partial charge in [-0.15, -0.1) is 0 Å². The second-order valence-electron chi connectivity index (χ2n) is 3.78. The minimum Gasteiger partial charge on any atom is -0.493 e. The Hall–Kier alpha value is -1.48. The van der Waals surface area contributed by atoms with Crippen LogP contribution in [-0.2, 0) is 0 Å². The van der Waals surface area contributed by atoms with Crippen LogP contribution in [0.1, 0.15) is 31.9 Å². The van der Waals surface area contributed by atoms with E-state index < -0.39 is 6.10 Å². The number of rotatable bonds is 4. The maximum absolute atomic E-state index is 9.93. The molecule has 1 atom stereocenters. The zero-order valence-electron chi connectivity index (χ0n) is 9.66. The van der Waals surface area contributed by atoms with Gasteiger partial charge >= 0.3 is 0 Å². The van der Waals surface area contributed by atoms with Crippen LogP contribution in [-0.4, -0.2) is 16.7 Å². The van der Waals surface area contributed by atoms with Crippen LogP contribution in [0.3, 0.4) is 0 Å². The molecular weight excluding hydrogens is 202 g/mol. The van der Waals surface area contributed by atoms with Gasteiger partial charge in [-0.3, -0.25) is 0 Å². The normalized spacial score (nSPS) is 12.9. The topological polar surface area (TPSA) is 45.2 Å². The minimum atomic E-state index is -0.435. The summed E-state index contributed by atoms with van der Waals surface area (Å²) in [6.07, 6.45) is 2.13. The van der Waals surface area contributed by atoms with E-state index in [0.29, 0.717) is 13.0 Å². The Morgan fingerprint density at radius 3 is 2.88 bits per heavy atom. The summed E-state index contributed by atoms with van der Waals surface area (Å²) in [6, 6.07) is 5.88. The maximum atomic E-state index is 9.93. The van der Waals surface area contributed by atoms with Crippen molar-refractivity contribution in [1.82, 2.24) is 4.98 Å². The molecule has 1 aromatic carbocycles. The number of aromatic amines is 1. The molecule has 0 aliphatic rings. The van der Waals surface area contributed by atoms with Gasteiger partial charge < -0.3 is 14.8 Å². The van der Waals surface area contributed by atoms with E-state index in [1.807, 2.05) is 38.2 Å². The lowest BCUT2D eigenvalue weighted by molar-refractivity contribution is 0.175. The number of aliphatic hydroxyl groups is 1. The summed E-state index contributed by atoms with van der Waals surface area (Å²) in [5.41, 5.74) is 1.93. The fourth-order valence-corrected chi connectivity index (χ4v) is 1.94. The first-order valence-corrected chi connectivity index (χ1v) is 5.68. The number of hydrogen-bond acceptors (Lipinski definition) is 2. The van der Waals surface area contributed by atoms with Crippen LogP contribution in [0.15, 0.2) is 24.4 Å². The Morgan fingerprint density at radius 2 is 2.19 bits per heavy atom. The number of aliphatic hydroxyl groups excluding tert-OH is 1. The highest BCUT2D eigenvalue weighted by Crippen LogP contribution is 2.33. The van der Waals surface area contributed by atoms with E-state index in [2.05, 4.69) is 4.98 Å². The van der Waals surface area contributed by atoms with E-state index in [-0.39, 0.29) is 0 Å². The van der Waals surface area contributed by atoms with Crippen LogP contribution in [0, 0.1) is 0 Å². The molecule has 0 aliphatic carbocycles. The number of H-pyrrole nitrogens is 1. The predicted octanol–water partition coefficient (Wildman–Crippen LogP) is 3.01. The number of benzene rings is 1. The van der Waals surface area contributed by atoms with E-state index in [4.69, 9.17) is 4.74 Å². The largest absolute Gasteiger partial charge is 0.493 e. The molecule has 0 unspecified atom stereocenters. The van der Waals surface area contributed by atoms with Gasteiger partial charge in [0.2, 0.25) is 0 Å². The van der Waals surface area contributed by atoms with Crippen molar-refractivity contribution in [1.29, 1.82) is 0 Å². The first-order valence-electron chi connectivity index (χ1n) is 5.68. The van der Waals surface area contributed by atoms with Gasteiger partial charge in [0, 0.05) is 22.7 Å². The Labute approximate surface area is 95.1 Å². The van der Waals surface area contributed by atoms with Gasteiger partial charge in [0.1, 0.15) is 5.75 Å². The predicted molar refractivity (Wildman–Crippen MR) is 64.7 cm³/mol. The van der Waals surface area contributed by atoms with Crippen molar-refractivity contribution in [3.63, 3.8) is 0 Å². The van der Waals surface area contributed by atoms with Crippen LogP contribution in [0.25, 0.3) is 10.9 Å². The Kier molecular flexibility index (Phi) is 3.15. The Balaban J connectivity index is 2.58. The van der Waals surface area contributed by atoms with E-state index in [1.165, 1.54) is 0 Å². The molecule has 1 aromatic heterocycles. The fraction of sp³-hybridized carbons (Fsp3) is 0.385. The molecule has 0 aliphatic heterocycles. The highest BCUT2D eigenvalue weighted by atomic mass is 16.5. The van der Waals surface area contributed by atoms with Crippen molar-refractivity contribution >= 4 is 10.9 Å². The van der Waals surface area contributed by atoms with E-state index in [9.17, 15) is 5.11 Å². The van der Waals surface area contributed by atoms with Crippen molar-refractivity contribution in [2.24, 2.45) is 0 Å². The standard InChI is InChI=1S/C13H17NO2/c1-3-11(15)9-8-14-10-6-5-7-12(13(9)10)16-4-2/h5-8,11,14-15H,3-4H2,1-2H3/t11-/m0/s1. The summed E-state index contributed by atoms with van der Waals surface area (Å²) in [5, 5.41) is 10.9. The highest BCUT2D eigenvalue weighted by Gasteiger charge is 2.14. The first-order chi connectivity index (χ1) is 7.77. The lowest BCUT2D eigenvalue weighted by atomic mass is 10.1. The van der Waals surface area contributed by atoms with Gasteiger partial charge in [-0.2, -0.15) is 0 Å². The molecule has 0 bridgehead atoms. The molecule has 0 spiro atoms. The van der Waals surface area contributed by atoms with E-state index in [0.717, 1.165) is 22.2 Å². The second kappa shape index (κ2) is 4.58. The molecule has 0 amide bonds. The summed E-state index contributed by atoms with van der Waals surface area (Å²) in [4.78, 5) is 3.16. The number of aromatic nitrogens is 1. The zero-order chi connectivity index (χ0) is 11.5. The van der Waals surface area contributed by atoms with Crippen LogP contribution in [0.4, 0.5) is 0 Å².